The number of aryl methyl sites for hydroxylation is 1. The standard InChI is InChI=1S/C18H24N6O2.ClH/c1-13-9-15(24-12-20-11-22-24)4-5-16(13)18(26)23-8-2-3-14(10-23)17(25)21-7-6-19;/h4-5,9,11-12,14H,2-3,6-8,10,19H2,1H3,(H,21,25);1H. The van der Waals surface area contributed by atoms with Gasteiger partial charge < -0.3 is 16.0 Å². The Morgan fingerprint density at radius 3 is 2.85 bits per heavy atom. The zero-order chi connectivity index (χ0) is 18.5. The van der Waals surface area contributed by atoms with Gasteiger partial charge >= 0.3 is 0 Å². The zero-order valence-electron chi connectivity index (χ0n) is 15.3. The minimum absolute atomic E-state index is 0. The summed E-state index contributed by atoms with van der Waals surface area (Å²) in [5.41, 5.74) is 7.81. The molecule has 1 atom stereocenters. The molecule has 0 spiro atoms. The van der Waals surface area contributed by atoms with Gasteiger partial charge in [-0.3, -0.25) is 9.59 Å². The molecule has 0 aliphatic carbocycles. The molecule has 0 bridgehead atoms. The Bertz CT molecular complexity index is 780. The molecular weight excluding hydrogens is 368 g/mol. The molecule has 0 saturated carbocycles. The number of hydrogen-bond donors (Lipinski definition) is 2. The second-order valence-electron chi connectivity index (χ2n) is 6.51. The number of piperidine rings is 1. The molecule has 1 aliphatic heterocycles. The summed E-state index contributed by atoms with van der Waals surface area (Å²) < 4.78 is 1.65. The molecule has 1 aliphatic rings. The highest BCUT2D eigenvalue weighted by atomic mass is 35.5. The highest BCUT2D eigenvalue weighted by Gasteiger charge is 2.29. The fourth-order valence-electron chi connectivity index (χ4n) is 3.26. The van der Waals surface area contributed by atoms with E-state index in [0.717, 1.165) is 24.1 Å². The van der Waals surface area contributed by atoms with Crippen molar-refractivity contribution >= 4 is 24.2 Å². The lowest BCUT2D eigenvalue weighted by atomic mass is 9.96. The van der Waals surface area contributed by atoms with E-state index < -0.39 is 0 Å². The van der Waals surface area contributed by atoms with Gasteiger partial charge in [-0.25, -0.2) is 9.67 Å². The quantitative estimate of drug-likeness (QED) is 0.787. The van der Waals surface area contributed by atoms with E-state index in [2.05, 4.69) is 15.4 Å². The lowest BCUT2D eigenvalue weighted by Crippen LogP contribution is -2.46. The summed E-state index contributed by atoms with van der Waals surface area (Å²) in [6.45, 7) is 3.90. The first-order valence-electron chi connectivity index (χ1n) is 8.83. The number of rotatable bonds is 5. The topological polar surface area (TPSA) is 106 Å². The van der Waals surface area contributed by atoms with Crippen LogP contribution in [0.3, 0.4) is 0 Å². The fourth-order valence-corrected chi connectivity index (χ4v) is 3.26. The number of benzene rings is 1. The number of carbonyl (C=O) groups excluding carboxylic acids is 2. The molecule has 1 aromatic heterocycles. The van der Waals surface area contributed by atoms with Gasteiger partial charge in [0.25, 0.3) is 5.91 Å². The monoisotopic (exact) mass is 392 g/mol. The van der Waals surface area contributed by atoms with Crippen LogP contribution >= 0.6 is 12.4 Å². The van der Waals surface area contributed by atoms with Crippen LogP contribution in [0.5, 0.6) is 0 Å². The van der Waals surface area contributed by atoms with Crippen molar-refractivity contribution in [1.29, 1.82) is 0 Å². The predicted molar refractivity (Wildman–Crippen MR) is 104 cm³/mol. The lowest BCUT2D eigenvalue weighted by Gasteiger charge is -2.32. The van der Waals surface area contributed by atoms with E-state index in [4.69, 9.17) is 5.73 Å². The molecule has 8 nitrogen and oxygen atoms in total. The van der Waals surface area contributed by atoms with Gasteiger partial charge in [0.05, 0.1) is 11.6 Å². The van der Waals surface area contributed by atoms with Gasteiger partial charge in [0.15, 0.2) is 0 Å². The van der Waals surface area contributed by atoms with Gasteiger partial charge in [0.1, 0.15) is 12.7 Å². The highest BCUT2D eigenvalue weighted by molar-refractivity contribution is 5.96. The molecule has 2 heterocycles. The molecule has 2 amide bonds. The number of halogens is 1. The number of amides is 2. The summed E-state index contributed by atoms with van der Waals surface area (Å²) in [5, 5.41) is 6.92. The summed E-state index contributed by atoms with van der Waals surface area (Å²) in [5.74, 6) is -0.232. The van der Waals surface area contributed by atoms with Crippen LogP contribution in [-0.4, -0.2) is 57.7 Å². The maximum atomic E-state index is 12.9. The van der Waals surface area contributed by atoms with Crippen LogP contribution in [0.25, 0.3) is 5.69 Å². The van der Waals surface area contributed by atoms with E-state index >= 15 is 0 Å². The Morgan fingerprint density at radius 2 is 2.19 bits per heavy atom. The van der Waals surface area contributed by atoms with E-state index in [1.165, 1.54) is 6.33 Å². The molecule has 1 unspecified atom stereocenters. The first-order valence-corrected chi connectivity index (χ1v) is 8.83. The summed E-state index contributed by atoms with van der Waals surface area (Å²) in [6, 6.07) is 5.58. The Labute approximate surface area is 164 Å². The number of likely N-dealkylation sites (tertiary alicyclic amines) is 1. The van der Waals surface area contributed by atoms with E-state index in [0.29, 0.717) is 31.7 Å². The smallest absolute Gasteiger partial charge is 0.254 e. The normalized spacial score (nSPS) is 16.5. The number of aromatic nitrogens is 3. The maximum Gasteiger partial charge on any atom is 0.254 e. The fraction of sp³-hybridized carbons (Fsp3) is 0.444. The number of hydrogen-bond acceptors (Lipinski definition) is 5. The van der Waals surface area contributed by atoms with Crippen molar-refractivity contribution in [1.82, 2.24) is 25.0 Å². The van der Waals surface area contributed by atoms with Crippen LogP contribution in [0.15, 0.2) is 30.9 Å². The van der Waals surface area contributed by atoms with Crippen molar-refractivity contribution in [2.24, 2.45) is 11.7 Å². The first-order chi connectivity index (χ1) is 12.6. The van der Waals surface area contributed by atoms with Crippen LogP contribution in [-0.2, 0) is 4.79 Å². The summed E-state index contributed by atoms with van der Waals surface area (Å²) in [6.07, 6.45) is 4.70. The van der Waals surface area contributed by atoms with Gasteiger partial charge in [0, 0.05) is 31.7 Å². The lowest BCUT2D eigenvalue weighted by molar-refractivity contribution is -0.126. The Morgan fingerprint density at radius 1 is 1.37 bits per heavy atom. The maximum absolute atomic E-state index is 12.9. The van der Waals surface area contributed by atoms with Gasteiger partial charge in [-0.1, -0.05) is 0 Å². The van der Waals surface area contributed by atoms with Gasteiger partial charge in [-0.15, -0.1) is 12.4 Å². The third kappa shape index (κ3) is 4.84. The second kappa shape index (κ2) is 9.48. The summed E-state index contributed by atoms with van der Waals surface area (Å²) in [7, 11) is 0. The predicted octanol–water partition coefficient (Wildman–Crippen LogP) is 0.925. The van der Waals surface area contributed by atoms with E-state index in [9.17, 15) is 9.59 Å². The Balaban J connectivity index is 0.00000261. The van der Waals surface area contributed by atoms with Crippen LogP contribution < -0.4 is 11.1 Å². The molecular formula is C18H25ClN6O2. The van der Waals surface area contributed by atoms with Crippen LogP contribution in [0, 0.1) is 12.8 Å². The number of carbonyl (C=O) groups is 2. The Hall–Kier alpha value is -2.45. The van der Waals surface area contributed by atoms with Crippen molar-refractivity contribution in [3.05, 3.63) is 42.0 Å². The van der Waals surface area contributed by atoms with Crippen molar-refractivity contribution in [2.45, 2.75) is 19.8 Å². The highest BCUT2D eigenvalue weighted by Crippen LogP contribution is 2.21. The van der Waals surface area contributed by atoms with E-state index in [-0.39, 0.29) is 30.1 Å². The molecule has 27 heavy (non-hydrogen) atoms. The molecule has 2 aromatic rings. The van der Waals surface area contributed by atoms with Gasteiger partial charge in [0.2, 0.25) is 5.91 Å². The zero-order valence-corrected chi connectivity index (χ0v) is 16.1. The number of nitrogens with zero attached hydrogens (tertiary/aromatic N) is 4. The van der Waals surface area contributed by atoms with Crippen molar-refractivity contribution < 1.29 is 9.59 Å². The van der Waals surface area contributed by atoms with E-state index in [1.807, 2.05) is 25.1 Å². The Kier molecular flexibility index (Phi) is 7.32. The number of nitrogens with two attached hydrogens (primary N) is 1. The number of nitrogens with one attached hydrogen (secondary N) is 1. The average molecular weight is 393 g/mol. The molecule has 9 heteroatoms. The first kappa shape index (κ1) is 20.9. The average Bonchev–Trinajstić information content (AvgIpc) is 3.20. The minimum atomic E-state index is -0.172. The van der Waals surface area contributed by atoms with Crippen molar-refractivity contribution in [3.8, 4) is 5.69 Å². The van der Waals surface area contributed by atoms with Crippen LogP contribution in [0.2, 0.25) is 0 Å². The molecule has 1 aromatic carbocycles. The van der Waals surface area contributed by atoms with E-state index in [1.54, 1.807) is 15.9 Å². The van der Waals surface area contributed by atoms with Crippen molar-refractivity contribution in [3.63, 3.8) is 0 Å². The second-order valence-corrected chi connectivity index (χ2v) is 6.51. The van der Waals surface area contributed by atoms with Crippen molar-refractivity contribution in [2.75, 3.05) is 26.2 Å². The molecule has 1 fully saturated rings. The molecule has 3 N–H and O–H groups in total. The molecule has 3 rings (SSSR count). The third-order valence-electron chi connectivity index (χ3n) is 4.65. The minimum Gasteiger partial charge on any atom is -0.355 e. The van der Waals surface area contributed by atoms with Gasteiger partial charge in [-0.05, 0) is 43.5 Å². The molecule has 146 valence electrons. The third-order valence-corrected chi connectivity index (χ3v) is 4.65. The SMILES string of the molecule is Cc1cc(-n2cncn2)ccc1C(=O)N1CCCC(C(=O)NCCN)C1.Cl. The largest absolute Gasteiger partial charge is 0.355 e. The summed E-state index contributed by atoms with van der Waals surface area (Å²) >= 11 is 0. The molecule has 1 saturated heterocycles. The summed E-state index contributed by atoms with van der Waals surface area (Å²) in [4.78, 5) is 30.8. The van der Waals surface area contributed by atoms with Gasteiger partial charge in [-0.2, -0.15) is 5.10 Å². The molecule has 0 radical (unpaired) electrons. The van der Waals surface area contributed by atoms with Crippen LogP contribution in [0.4, 0.5) is 0 Å². The van der Waals surface area contributed by atoms with Crippen LogP contribution in [0.1, 0.15) is 28.8 Å².